The van der Waals surface area contributed by atoms with E-state index in [1.165, 1.54) is 0 Å². The summed E-state index contributed by atoms with van der Waals surface area (Å²) in [6.07, 6.45) is 1.12. The summed E-state index contributed by atoms with van der Waals surface area (Å²) in [5.41, 5.74) is 1.80. The van der Waals surface area contributed by atoms with Gasteiger partial charge in [0, 0.05) is 18.4 Å². The van der Waals surface area contributed by atoms with Crippen LogP contribution in [-0.2, 0) is 14.6 Å². The molecule has 0 aliphatic carbocycles. The van der Waals surface area contributed by atoms with Crippen LogP contribution >= 0.6 is 0 Å². The molecule has 0 aliphatic rings. The van der Waals surface area contributed by atoms with Crippen molar-refractivity contribution in [1.82, 2.24) is 0 Å². The minimum absolute atomic E-state index is 0.00867. The van der Waals surface area contributed by atoms with Gasteiger partial charge in [0.05, 0.1) is 5.75 Å². The number of nitrogens with one attached hydrogen (secondary N) is 1. The molecule has 0 heterocycles. The van der Waals surface area contributed by atoms with Gasteiger partial charge in [0.2, 0.25) is 5.91 Å². The zero-order valence-corrected chi connectivity index (χ0v) is 11.8. The number of hydrogen-bond acceptors (Lipinski definition) is 3. The van der Waals surface area contributed by atoms with Crippen LogP contribution in [-0.4, -0.2) is 26.3 Å². The minimum atomic E-state index is -3.10. The topological polar surface area (TPSA) is 63.2 Å². The lowest BCUT2D eigenvalue weighted by Crippen LogP contribution is -2.17. The van der Waals surface area contributed by atoms with E-state index in [1.807, 2.05) is 38.1 Å². The molecule has 0 aromatic heterocycles. The number of carbonyl (C=O) groups is 1. The predicted molar refractivity (Wildman–Crippen MR) is 73.5 cm³/mol. The van der Waals surface area contributed by atoms with E-state index < -0.39 is 9.84 Å². The highest BCUT2D eigenvalue weighted by Crippen LogP contribution is 2.23. The number of anilines is 1. The Morgan fingerprint density at radius 3 is 2.44 bits per heavy atom. The summed E-state index contributed by atoms with van der Waals surface area (Å²) in [4.78, 5) is 11.7. The second-order valence-electron chi connectivity index (χ2n) is 4.67. The average molecular weight is 269 g/mol. The van der Waals surface area contributed by atoms with Gasteiger partial charge in [0.15, 0.2) is 0 Å². The van der Waals surface area contributed by atoms with Crippen molar-refractivity contribution in [1.29, 1.82) is 0 Å². The third kappa shape index (κ3) is 4.87. The minimum Gasteiger partial charge on any atom is -0.326 e. The van der Waals surface area contributed by atoms with Gasteiger partial charge in [-0.3, -0.25) is 4.79 Å². The molecule has 5 heteroatoms. The molecule has 0 radical (unpaired) electrons. The summed E-state index contributed by atoms with van der Waals surface area (Å²) in [6, 6.07) is 7.55. The van der Waals surface area contributed by atoms with Crippen LogP contribution in [0.25, 0.3) is 0 Å². The normalized spacial score (nSPS) is 11.6. The van der Waals surface area contributed by atoms with Gasteiger partial charge in [-0.15, -0.1) is 0 Å². The Balaban J connectivity index is 2.70. The summed E-state index contributed by atoms with van der Waals surface area (Å²) in [6.45, 7) is 4.09. The maximum absolute atomic E-state index is 11.7. The fourth-order valence-electron chi connectivity index (χ4n) is 1.61. The van der Waals surface area contributed by atoms with Crippen molar-refractivity contribution in [3.63, 3.8) is 0 Å². The molecule has 0 aliphatic heterocycles. The van der Waals surface area contributed by atoms with E-state index in [1.54, 1.807) is 0 Å². The monoisotopic (exact) mass is 269 g/mol. The lowest BCUT2D eigenvalue weighted by molar-refractivity contribution is -0.115. The van der Waals surface area contributed by atoms with E-state index in [0.29, 0.717) is 5.92 Å². The van der Waals surface area contributed by atoms with Crippen molar-refractivity contribution in [2.24, 2.45) is 0 Å². The maximum atomic E-state index is 11.7. The van der Waals surface area contributed by atoms with Crippen molar-refractivity contribution >= 4 is 21.4 Å². The van der Waals surface area contributed by atoms with Gasteiger partial charge >= 0.3 is 0 Å². The van der Waals surface area contributed by atoms with Gasteiger partial charge in [-0.2, -0.15) is 0 Å². The summed E-state index contributed by atoms with van der Waals surface area (Å²) >= 11 is 0. The quantitative estimate of drug-likeness (QED) is 0.891. The van der Waals surface area contributed by atoms with E-state index in [4.69, 9.17) is 0 Å². The number of amides is 1. The summed E-state index contributed by atoms with van der Waals surface area (Å²) < 4.78 is 22.0. The van der Waals surface area contributed by atoms with Crippen molar-refractivity contribution in [2.75, 3.05) is 17.3 Å². The summed E-state index contributed by atoms with van der Waals surface area (Å²) in [7, 11) is -3.10. The van der Waals surface area contributed by atoms with Crippen molar-refractivity contribution in [3.05, 3.63) is 29.8 Å². The first kappa shape index (κ1) is 14.7. The fraction of sp³-hybridized carbons (Fsp3) is 0.462. The van der Waals surface area contributed by atoms with Gasteiger partial charge < -0.3 is 5.32 Å². The number of carbonyl (C=O) groups excluding carboxylic acids is 1. The highest BCUT2D eigenvalue weighted by Gasteiger charge is 2.11. The first-order chi connectivity index (χ1) is 8.29. The van der Waals surface area contributed by atoms with Crippen molar-refractivity contribution < 1.29 is 13.2 Å². The van der Waals surface area contributed by atoms with E-state index in [0.717, 1.165) is 17.5 Å². The van der Waals surface area contributed by atoms with Crippen LogP contribution in [0.15, 0.2) is 24.3 Å². The third-order valence-electron chi connectivity index (χ3n) is 2.56. The van der Waals surface area contributed by atoms with E-state index in [2.05, 4.69) is 5.32 Å². The van der Waals surface area contributed by atoms with Gasteiger partial charge in [-0.05, 0) is 17.5 Å². The molecular weight excluding hydrogens is 250 g/mol. The molecule has 18 heavy (non-hydrogen) atoms. The van der Waals surface area contributed by atoms with Crippen LogP contribution in [0.2, 0.25) is 0 Å². The number of rotatable bonds is 5. The third-order valence-corrected chi connectivity index (χ3v) is 3.50. The Morgan fingerprint density at radius 1 is 1.28 bits per heavy atom. The zero-order chi connectivity index (χ0) is 13.8. The van der Waals surface area contributed by atoms with Crippen LogP contribution in [0.1, 0.15) is 31.7 Å². The molecular formula is C13H19NO3S. The Bertz CT molecular complexity index is 521. The predicted octanol–water partition coefficient (Wildman–Crippen LogP) is 2.18. The standard InChI is InChI=1S/C13H19NO3S/c1-10(2)11-6-4-5-7-12(11)14-13(15)8-9-18(3,16)17/h4-7,10H,8-9H2,1-3H3,(H,14,15). The van der Waals surface area contributed by atoms with Gasteiger partial charge in [0.25, 0.3) is 0 Å². The highest BCUT2D eigenvalue weighted by molar-refractivity contribution is 7.90. The zero-order valence-electron chi connectivity index (χ0n) is 10.9. The average Bonchev–Trinajstić information content (AvgIpc) is 2.26. The smallest absolute Gasteiger partial charge is 0.225 e. The molecule has 1 aromatic rings. The fourth-order valence-corrected chi connectivity index (χ4v) is 2.16. The molecule has 0 spiro atoms. The van der Waals surface area contributed by atoms with Gasteiger partial charge in [0.1, 0.15) is 9.84 Å². The second kappa shape index (κ2) is 6.00. The van der Waals surface area contributed by atoms with E-state index in [-0.39, 0.29) is 18.1 Å². The largest absolute Gasteiger partial charge is 0.326 e. The Kier molecular flexibility index (Phi) is 4.90. The van der Waals surface area contributed by atoms with Crippen LogP contribution in [0, 0.1) is 0 Å². The van der Waals surface area contributed by atoms with Crippen molar-refractivity contribution in [3.8, 4) is 0 Å². The molecule has 0 saturated heterocycles. The summed E-state index contributed by atoms with van der Waals surface area (Å²) in [5.74, 6) is -0.0900. The molecule has 1 aromatic carbocycles. The number of benzene rings is 1. The Hall–Kier alpha value is -1.36. The molecule has 1 rings (SSSR count). The first-order valence-electron chi connectivity index (χ1n) is 5.86. The van der Waals surface area contributed by atoms with E-state index >= 15 is 0 Å². The van der Waals surface area contributed by atoms with Gasteiger partial charge in [-0.1, -0.05) is 32.0 Å². The Labute approximate surface area is 108 Å². The molecule has 0 unspecified atom stereocenters. The molecule has 0 bridgehead atoms. The van der Waals surface area contributed by atoms with Gasteiger partial charge in [-0.25, -0.2) is 8.42 Å². The van der Waals surface area contributed by atoms with Crippen LogP contribution < -0.4 is 5.32 Å². The number of sulfone groups is 1. The Morgan fingerprint density at radius 2 is 1.89 bits per heavy atom. The molecule has 0 saturated carbocycles. The van der Waals surface area contributed by atoms with Crippen molar-refractivity contribution in [2.45, 2.75) is 26.2 Å². The molecule has 1 amide bonds. The SMILES string of the molecule is CC(C)c1ccccc1NC(=O)CCS(C)(=O)=O. The van der Waals surface area contributed by atoms with Crippen LogP contribution in [0.5, 0.6) is 0 Å². The molecule has 0 fully saturated rings. The maximum Gasteiger partial charge on any atom is 0.225 e. The second-order valence-corrected chi connectivity index (χ2v) is 6.93. The molecule has 4 nitrogen and oxygen atoms in total. The lowest BCUT2D eigenvalue weighted by Gasteiger charge is -2.13. The number of para-hydroxylation sites is 1. The molecule has 1 N–H and O–H groups in total. The van der Waals surface area contributed by atoms with Crippen LogP contribution in [0.3, 0.4) is 0 Å². The number of hydrogen-bond donors (Lipinski definition) is 1. The highest BCUT2D eigenvalue weighted by atomic mass is 32.2. The molecule has 0 atom stereocenters. The first-order valence-corrected chi connectivity index (χ1v) is 7.92. The molecule has 100 valence electrons. The van der Waals surface area contributed by atoms with E-state index in [9.17, 15) is 13.2 Å². The summed E-state index contributed by atoms with van der Waals surface area (Å²) in [5, 5.41) is 2.76. The lowest BCUT2D eigenvalue weighted by atomic mass is 10.0. The van der Waals surface area contributed by atoms with Crippen LogP contribution in [0.4, 0.5) is 5.69 Å².